The molecule has 0 saturated carbocycles. The van der Waals surface area contributed by atoms with Crippen LogP contribution in [0, 0.1) is 55.1 Å². The minimum absolute atomic E-state index is 0.00111. The van der Waals surface area contributed by atoms with Crippen LogP contribution in [0.1, 0.15) is 176 Å². The zero-order chi connectivity index (χ0) is 102. The van der Waals surface area contributed by atoms with E-state index in [1.807, 2.05) is 25.8 Å². The Morgan fingerprint density at radius 1 is 0.353 bits per heavy atom. The smallest absolute Gasteiger partial charge is 0.245 e. The quantitative estimate of drug-likeness (QED) is 0.0166. The summed E-state index contributed by atoms with van der Waals surface area (Å²) in [5.74, 6) is -15.0. The second kappa shape index (κ2) is 62.4. The maximum Gasteiger partial charge on any atom is 0.245 e. The number of benzene rings is 1. The van der Waals surface area contributed by atoms with Crippen LogP contribution < -0.4 is 158 Å². The number of hydrogen-bond donors (Lipinski definition) is 39. The minimum atomic E-state index is -1.94. The van der Waals surface area contributed by atoms with Crippen LogP contribution in [-0.2, 0) is 68.7 Å². The average Bonchev–Trinajstić information content (AvgIpc) is 1.22. The third-order valence-corrected chi connectivity index (χ3v) is 21.6. The van der Waals surface area contributed by atoms with Gasteiger partial charge in [-0.25, -0.2) is 0 Å². The Balaban J connectivity index is 2.12. The summed E-state index contributed by atoms with van der Waals surface area (Å²) in [6, 6.07) is -11.8. The zero-order valence-electron chi connectivity index (χ0n) is 78.9. The fraction of sp³-hybridized carbons (Fsp3) is 0.651. The van der Waals surface area contributed by atoms with Gasteiger partial charge in [0.25, 0.3) is 0 Å². The molecule has 13 amide bonds. The SMILES string of the molecule is CC(C)C[C@H](NC(=O)[C@H](C)NC(=O)[C@H](CC(C)C)NC(=O)[C@@H]1CCCN1C)C(=O)N[C@@H](Cc1c[nH]c2ccccc12)C(=O)N[C@@H](CCCNC(=N)N)C(=O)N[C@@H](CO)C(=O)N[C@H](CCCNC(=N)N)C(=O)N[C@H](CCCNC(=N)N)C(=O)N[C@H](CCCNC(=N)N)C(=O)N[C@H](CCCNC(=N)N)C(=O)N[C@H](CCCNC(=N)N)C(=O)N[C@H](CCCNC(=N)N)C(=O)N[C@@H](C)CCCNC(=N)N. The lowest BCUT2D eigenvalue weighted by molar-refractivity contribution is -0.137. The van der Waals surface area contributed by atoms with Gasteiger partial charge in [0.15, 0.2) is 47.7 Å². The summed E-state index contributed by atoms with van der Waals surface area (Å²) in [7, 11) is 1.82. The van der Waals surface area contributed by atoms with Crippen LogP contribution in [0.5, 0.6) is 0 Å². The highest BCUT2D eigenvalue weighted by Gasteiger charge is 2.39. The molecule has 2 heterocycles. The number of rotatable bonds is 65. The van der Waals surface area contributed by atoms with Gasteiger partial charge in [-0.1, -0.05) is 45.9 Å². The lowest BCUT2D eigenvalue weighted by atomic mass is 10.00. The Morgan fingerprint density at radius 3 is 0.926 bits per heavy atom. The van der Waals surface area contributed by atoms with Gasteiger partial charge in [0.1, 0.15) is 72.5 Å². The van der Waals surface area contributed by atoms with Crippen molar-refractivity contribution < 1.29 is 67.4 Å². The topological polar surface area (TPSA) is 913 Å². The van der Waals surface area contributed by atoms with Crippen molar-refractivity contribution in [3.8, 4) is 0 Å². The maximum absolute atomic E-state index is 15.2. The van der Waals surface area contributed by atoms with Crippen molar-refractivity contribution in [3.05, 3.63) is 36.0 Å². The molecule has 0 bridgehead atoms. The summed E-state index contributed by atoms with van der Waals surface area (Å²) in [4.78, 5) is 195. The Kier molecular flexibility index (Phi) is 53.3. The number of nitrogens with one attached hydrogen (secondary N) is 30. The molecule has 0 radical (unpaired) electrons. The number of nitrogens with two attached hydrogens (primary N) is 8. The number of likely N-dealkylation sites (tertiary alicyclic amines) is 1. The van der Waals surface area contributed by atoms with Gasteiger partial charge in [-0.3, -0.25) is 111 Å². The van der Waals surface area contributed by atoms with Gasteiger partial charge < -0.3 is 168 Å². The van der Waals surface area contributed by atoms with Crippen molar-refractivity contribution >= 4 is 135 Å². The van der Waals surface area contributed by atoms with Crippen LogP contribution in [0.15, 0.2) is 30.5 Å². The summed E-state index contributed by atoms with van der Waals surface area (Å²) in [6.07, 6.45) is 2.61. The third kappa shape index (κ3) is 47.0. The maximum atomic E-state index is 15.2. The number of likely N-dealkylation sites (N-methyl/N-ethyl adjacent to an activating group) is 1. The van der Waals surface area contributed by atoms with Crippen LogP contribution in [-0.4, -0.2) is 297 Å². The first-order chi connectivity index (χ1) is 64.3. The van der Waals surface area contributed by atoms with Crippen LogP contribution in [0.2, 0.25) is 0 Å². The number of aliphatic hydroxyl groups excluding tert-OH is 1. The number of amides is 13. The standard InChI is InChI=1S/C83H151N39O14/c1-44(2)39-58(120-75(136)62-29-18-38-122(62)7)71(132)110-47(6)63(124)118-59(40-45(3)4)72(133)119-60(41-48-42-108-50-21-9-8-20-49(48)50)73(134)116-57(28-17-37-107-83(98)99)70(131)121-61(43-123)74(135)117-56(27-16-36-106-82(96)97)69(130)115-55(26-15-35-105-81(94)95)68(129)114-54(25-14-34-104-80(92)93)67(128)113-53(24-13-33-103-79(90)91)66(127)112-52(23-12-32-102-78(88)89)65(126)111-51(22-11-31-101-77(86)87)64(125)109-46(5)19-10-30-100-76(84)85/h8-9,20-21,42,44-47,51-62,108,123H,10-19,22-41,43H2,1-7H3,(H,109,125)(H,110,132)(H,111,126)(H,112,127)(H,113,128)(H,114,129)(H,115,130)(H,116,134)(H,117,135)(H,118,124)(H,119,133)(H,120,136)(H,121,131)(H4,84,85,100)(H4,86,87,101)(H4,88,89,102)(H4,90,91,103)(H4,92,93,104)(H4,94,95,105)(H4,96,97,106)(H4,98,99,107)/t46-,47-,51+,52+,53+,54+,55+,56+,57-,58-,59-,60-,61-,62-/m0/s1. The van der Waals surface area contributed by atoms with Crippen molar-refractivity contribution in [2.45, 2.75) is 261 Å². The zero-order valence-corrected chi connectivity index (χ0v) is 78.9. The van der Waals surface area contributed by atoms with Crippen molar-refractivity contribution in [1.29, 1.82) is 43.3 Å². The van der Waals surface area contributed by atoms with E-state index >= 15 is 19.2 Å². The van der Waals surface area contributed by atoms with Gasteiger partial charge in [0, 0.05) is 81.9 Å². The number of para-hydroxylation sites is 1. The fourth-order valence-corrected chi connectivity index (χ4v) is 14.6. The molecule has 1 aliphatic rings. The van der Waals surface area contributed by atoms with E-state index in [9.17, 15) is 48.3 Å². The normalized spacial score (nSPS) is 15.1. The summed E-state index contributed by atoms with van der Waals surface area (Å²) >= 11 is 0. The predicted molar refractivity (Wildman–Crippen MR) is 513 cm³/mol. The molecule has 53 heteroatoms. The molecule has 762 valence electrons. The highest BCUT2D eigenvalue weighted by molar-refractivity contribution is 6.01. The monoisotopic (exact) mass is 1920 g/mol. The summed E-state index contributed by atoms with van der Waals surface area (Å²) in [5, 5.41) is 129. The van der Waals surface area contributed by atoms with Crippen LogP contribution in [0.25, 0.3) is 10.9 Å². The number of guanidine groups is 8. The molecule has 1 saturated heterocycles. The number of aliphatic hydroxyl groups is 1. The van der Waals surface area contributed by atoms with Gasteiger partial charge in [-0.2, -0.15) is 0 Å². The molecule has 0 aliphatic carbocycles. The van der Waals surface area contributed by atoms with Crippen molar-refractivity contribution in [1.82, 2.24) is 122 Å². The molecule has 14 atom stereocenters. The summed E-state index contributed by atoms with van der Waals surface area (Å²) in [6.45, 7) is 10.2. The largest absolute Gasteiger partial charge is 0.394 e. The van der Waals surface area contributed by atoms with E-state index in [4.69, 9.17) is 89.1 Å². The molecule has 3 rings (SSSR count). The van der Waals surface area contributed by atoms with Gasteiger partial charge in [0.05, 0.1) is 12.6 Å². The molecule has 136 heavy (non-hydrogen) atoms. The first-order valence-electron chi connectivity index (χ1n) is 45.7. The second-order valence-corrected chi connectivity index (χ2v) is 34.3. The Bertz CT molecular complexity index is 4320. The number of nitrogens with zero attached hydrogens (tertiary/aromatic N) is 1. The minimum Gasteiger partial charge on any atom is -0.394 e. The molecule has 47 N–H and O–H groups in total. The second-order valence-electron chi connectivity index (χ2n) is 34.3. The lowest BCUT2D eigenvalue weighted by Gasteiger charge is -2.29. The molecule has 2 aromatic rings. The van der Waals surface area contributed by atoms with E-state index in [1.165, 1.54) is 6.92 Å². The molecule has 1 aromatic heterocycles. The van der Waals surface area contributed by atoms with Crippen LogP contribution in [0.3, 0.4) is 0 Å². The number of aromatic nitrogens is 1. The number of H-pyrrole nitrogens is 1. The third-order valence-electron chi connectivity index (χ3n) is 21.6. The van der Waals surface area contributed by atoms with E-state index in [0.29, 0.717) is 48.8 Å². The first-order valence-corrected chi connectivity index (χ1v) is 45.7. The number of carbonyl (C=O) groups is 13. The van der Waals surface area contributed by atoms with Crippen molar-refractivity contribution in [3.63, 3.8) is 0 Å². The molecular weight excluding hydrogens is 1770 g/mol. The van der Waals surface area contributed by atoms with Crippen molar-refractivity contribution in [2.24, 2.45) is 57.7 Å². The van der Waals surface area contributed by atoms with E-state index in [1.54, 1.807) is 51.2 Å². The average molecular weight is 1920 g/mol. The molecule has 1 aromatic carbocycles. The molecular formula is C83H151N39O14. The van der Waals surface area contributed by atoms with Gasteiger partial charge in [0.2, 0.25) is 76.8 Å². The van der Waals surface area contributed by atoms with Gasteiger partial charge in [-0.15, -0.1) is 0 Å². The Morgan fingerprint density at radius 2 is 0.618 bits per heavy atom. The van der Waals surface area contributed by atoms with Gasteiger partial charge in [-0.05, 0) is 179 Å². The fourth-order valence-electron chi connectivity index (χ4n) is 14.6. The number of aromatic amines is 1. The molecule has 0 spiro atoms. The highest BCUT2D eigenvalue weighted by atomic mass is 16.3. The predicted octanol–water partition coefficient (Wildman–Crippen LogP) is -8.66. The van der Waals surface area contributed by atoms with Gasteiger partial charge >= 0.3 is 0 Å². The van der Waals surface area contributed by atoms with E-state index < -0.39 is 198 Å². The highest BCUT2D eigenvalue weighted by Crippen LogP contribution is 2.22. The number of fused-ring (bicyclic) bond motifs is 1. The molecule has 0 unspecified atom stereocenters. The van der Waals surface area contributed by atoms with E-state index in [-0.39, 0.29) is 185 Å². The number of carbonyl (C=O) groups excluding carboxylic acids is 13. The van der Waals surface area contributed by atoms with E-state index in [2.05, 4.69) is 117 Å². The van der Waals surface area contributed by atoms with Crippen molar-refractivity contribution in [2.75, 3.05) is 72.6 Å². The molecule has 1 aliphatic heterocycles. The van der Waals surface area contributed by atoms with Crippen LogP contribution >= 0.6 is 0 Å². The first kappa shape index (κ1) is 116. The Hall–Kier alpha value is -14.0. The molecule has 1 fully saturated rings. The Labute approximate surface area is 791 Å². The summed E-state index contributed by atoms with van der Waals surface area (Å²) in [5.41, 5.74) is 45.7. The number of hydrogen-bond acceptors (Lipinski definition) is 23. The molecule has 53 nitrogen and oxygen atoms in total. The van der Waals surface area contributed by atoms with Crippen LogP contribution in [0.4, 0.5) is 0 Å². The lowest BCUT2D eigenvalue weighted by Crippen LogP contribution is -2.61. The summed E-state index contributed by atoms with van der Waals surface area (Å²) < 4.78 is 0. The van der Waals surface area contributed by atoms with E-state index in [0.717, 1.165) is 6.42 Å².